The van der Waals surface area contributed by atoms with Gasteiger partial charge < -0.3 is 15.4 Å². The molecule has 2 aromatic rings. The SMILES string of the molecule is NCCCOC1CCN(C(=O)c2n[nH]c3ccc(Br)cc23)CC1. The molecule has 1 saturated heterocycles. The molecule has 0 atom stereocenters. The van der Waals surface area contributed by atoms with E-state index in [4.69, 9.17) is 10.5 Å². The van der Waals surface area contributed by atoms with Crippen LogP contribution < -0.4 is 5.73 Å². The molecule has 3 rings (SSSR count). The van der Waals surface area contributed by atoms with E-state index in [-0.39, 0.29) is 12.0 Å². The van der Waals surface area contributed by atoms with Gasteiger partial charge in [-0.05, 0) is 44.0 Å². The molecule has 1 aliphatic heterocycles. The average Bonchev–Trinajstić information content (AvgIpc) is 2.98. The van der Waals surface area contributed by atoms with Crippen LogP contribution in [0.3, 0.4) is 0 Å². The number of carbonyl (C=O) groups is 1. The van der Waals surface area contributed by atoms with Crippen LogP contribution in [-0.4, -0.2) is 53.3 Å². The van der Waals surface area contributed by atoms with Gasteiger partial charge in [0.05, 0.1) is 11.6 Å². The lowest BCUT2D eigenvalue weighted by Crippen LogP contribution is -2.41. The van der Waals surface area contributed by atoms with Gasteiger partial charge >= 0.3 is 0 Å². The maximum Gasteiger partial charge on any atom is 0.274 e. The van der Waals surface area contributed by atoms with Gasteiger partial charge in [0.2, 0.25) is 0 Å². The number of amides is 1. The minimum atomic E-state index is -0.0187. The smallest absolute Gasteiger partial charge is 0.274 e. The van der Waals surface area contributed by atoms with Gasteiger partial charge in [-0.15, -0.1) is 0 Å². The van der Waals surface area contributed by atoms with Crippen LogP contribution in [0.5, 0.6) is 0 Å². The number of H-pyrrole nitrogens is 1. The number of halogens is 1. The summed E-state index contributed by atoms with van der Waals surface area (Å²) in [5.74, 6) is -0.0187. The monoisotopic (exact) mass is 380 g/mol. The van der Waals surface area contributed by atoms with Gasteiger partial charge in [-0.3, -0.25) is 9.89 Å². The van der Waals surface area contributed by atoms with Gasteiger partial charge in [0.1, 0.15) is 0 Å². The topological polar surface area (TPSA) is 84.2 Å². The van der Waals surface area contributed by atoms with Gasteiger partial charge in [-0.2, -0.15) is 5.10 Å². The van der Waals surface area contributed by atoms with Crippen molar-refractivity contribution in [2.24, 2.45) is 5.73 Å². The minimum absolute atomic E-state index is 0.0187. The first-order valence-electron chi connectivity index (χ1n) is 7.93. The third-order valence-electron chi connectivity index (χ3n) is 4.16. The first kappa shape index (κ1) is 16.4. The molecule has 0 aliphatic carbocycles. The summed E-state index contributed by atoms with van der Waals surface area (Å²) < 4.78 is 6.72. The molecule has 1 aromatic heterocycles. The third kappa shape index (κ3) is 3.73. The number of benzene rings is 1. The predicted molar refractivity (Wildman–Crippen MR) is 92.3 cm³/mol. The molecular formula is C16H21BrN4O2. The van der Waals surface area contributed by atoms with Crippen LogP contribution in [0.1, 0.15) is 29.8 Å². The van der Waals surface area contributed by atoms with Crippen LogP contribution in [0, 0.1) is 0 Å². The molecule has 0 unspecified atom stereocenters. The van der Waals surface area contributed by atoms with Crippen molar-refractivity contribution < 1.29 is 9.53 Å². The molecule has 2 heterocycles. The van der Waals surface area contributed by atoms with E-state index in [1.165, 1.54) is 0 Å². The number of carbonyl (C=O) groups excluding carboxylic acids is 1. The van der Waals surface area contributed by atoms with Crippen molar-refractivity contribution in [2.45, 2.75) is 25.4 Å². The molecule has 0 radical (unpaired) electrons. The van der Waals surface area contributed by atoms with E-state index >= 15 is 0 Å². The Labute approximate surface area is 143 Å². The van der Waals surface area contributed by atoms with E-state index in [0.29, 0.717) is 31.9 Å². The van der Waals surface area contributed by atoms with Crippen LogP contribution >= 0.6 is 15.9 Å². The van der Waals surface area contributed by atoms with E-state index in [9.17, 15) is 4.79 Å². The molecule has 23 heavy (non-hydrogen) atoms. The highest BCUT2D eigenvalue weighted by Crippen LogP contribution is 2.23. The maximum absolute atomic E-state index is 12.7. The Bertz CT molecular complexity index is 680. The molecule has 0 bridgehead atoms. The zero-order chi connectivity index (χ0) is 16.2. The standard InChI is InChI=1S/C16H21BrN4O2/c17-11-2-3-14-13(10-11)15(20-19-14)16(22)21-7-4-12(5-8-21)23-9-1-6-18/h2-3,10,12H,1,4-9,18H2,(H,19,20). The molecule has 3 N–H and O–H groups in total. The van der Waals surface area contributed by atoms with E-state index in [0.717, 1.165) is 34.6 Å². The largest absolute Gasteiger partial charge is 0.378 e. The molecular weight excluding hydrogens is 360 g/mol. The molecule has 1 aliphatic rings. The molecule has 6 nitrogen and oxygen atoms in total. The highest BCUT2D eigenvalue weighted by Gasteiger charge is 2.26. The Kier molecular flexibility index (Phi) is 5.30. The Morgan fingerprint density at radius 3 is 2.96 bits per heavy atom. The third-order valence-corrected chi connectivity index (χ3v) is 4.65. The number of nitrogens with one attached hydrogen (secondary N) is 1. The number of fused-ring (bicyclic) bond motifs is 1. The number of piperidine rings is 1. The highest BCUT2D eigenvalue weighted by molar-refractivity contribution is 9.10. The quantitative estimate of drug-likeness (QED) is 0.779. The lowest BCUT2D eigenvalue weighted by molar-refractivity contribution is 0.00834. The second-order valence-electron chi connectivity index (χ2n) is 5.77. The lowest BCUT2D eigenvalue weighted by atomic mass is 10.1. The van der Waals surface area contributed by atoms with Crippen molar-refractivity contribution in [3.63, 3.8) is 0 Å². The Morgan fingerprint density at radius 2 is 2.22 bits per heavy atom. The highest BCUT2D eigenvalue weighted by atomic mass is 79.9. The Morgan fingerprint density at radius 1 is 1.43 bits per heavy atom. The summed E-state index contributed by atoms with van der Waals surface area (Å²) in [5.41, 5.74) is 6.83. The van der Waals surface area contributed by atoms with Crippen LogP contribution in [0.4, 0.5) is 0 Å². The van der Waals surface area contributed by atoms with Gasteiger partial charge in [0.25, 0.3) is 5.91 Å². The van der Waals surface area contributed by atoms with Crippen molar-refractivity contribution in [2.75, 3.05) is 26.2 Å². The summed E-state index contributed by atoms with van der Waals surface area (Å²) in [5, 5.41) is 7.99. The van der Waals surface area contributed by atoms with Crippen LogP contribution in [-0.2, 0) is 4.74 Å². The summed E-state index contributed by atoms with van der Waals surface area (Å²) in [6.07, 6.45) is 2.84. The van der Waals surface area contributed by atoms with Crippen molar-refractivity contribution >= 4 is 32.7 Å². The number of ether oxygens (including phenoxy) is 1. The van der Waals surface area contributed by atoms with E-state index in [1.54, 1.807) is 0 Å². The molecule has 1 amide bonds. The normalized spacial score (nSPS) is 16.2. The summed E-state index contributed by atoms with van der Waals surface area (Å²) in [6.45, 7) is 2.76. The summed E-state index contributed by atoms with van der Waals surface area (Å²) >= 11 is 3.44. The Balaban J connectivity index is 1.64. The van der Waals surface area contributed by atoms with Gasteiger partial charge in [-0.25, -0.2) is 0 Å². The first-order chi connectivity index (χ1) is 11.2. The van der Waals surface area contributed by atoms with Crippen LogP contribution in [0.15, 0.2) is 22.7 Å². The second kappa shape index (κ2) is 7.42. The number of hydrogen-bond acceptors (Lipinski definition) is 4. The van der Waals surface area contributed by atoms with Crippen molar-refractivity contribution in [1.29, 1.82) is 0 Å². The van der Waals surface area contributed by atoms with E-state index < -0.39 is 0 Å². The molecule has 0 saturated carbocycles. The first-order valence-corrected chi connectivity index (χ1v) is 8.73. The van der Waals surface area contributed by atoms with Gasteiger partial charge in [0, 0.05) is 29.6 Å². The molecule has 1 fully saturated rings. The molecule has 124 valence electrons. The van der Waals surface area contributed by atoms with Crippen molar-refractivity contribution in [3.8, 4) is 0 Å². The molecule has 7 heteroatoms. The van der Waals surface area contributed by atoms with Gasteiger partial charge in [-0.1, -0.05) is 15.9 Å². The number of aromatic nitrogens is 2. The number of aromatic amines is 1. The van der Waals surface area contributed by atoms with E-state index in [2.05, 4.69) is 26.1 Å². The number of nitrogens with zero attached hydrogens (tertiary/aromatic N) is 2. The fourth-order valence-electron chi connectivity index (χ4n) is 2.86. The maximum atomic E-state index is 12.7. The number of nitrogens with two attached hydrogens (primary N) is 1. The summed E-state index contributed by atoms with van der Waals surface area (Å²) in [6, 6.07) is 5.77. The second-order valence-corrected chi connectivity index (χ2v) is 6.68. The fraction of sp³-hybridized carbons (Fsp3) is 0.500. The fourth-order valence-corrected chi connectivity index (χ4v) is 3.22. The zero-order valence-corrected chi connectivity index (χ0v) is 14.5. The van der Waals surface area contributed by atoms with Gasteiger partial charge in [0.15, 0.2) is 5.69 Å². The van der Waals surface area contributed by atoms with Crippen molar-refractivity contribution in [1.82, 2.24) is 15.1 Å². The number of likely N-dealkylation sites (tertiary alicyclic amines) is 1. The average molecular weight is 381 g/mol. The number of hydrogen-bond donors (Lipinski definition) is 2. The predicted octanol–water partition coefficient (Wildman–Crippen LogP) is 2.30. The van der Waals surface area contributed by atoms with Crippen LogP contribution in [0.25, 0.3) is 10.9 Å². The molecule has 0 spiro atoms. The lowest BCUT2D eigenvalue weighted by Gasteiger charge is -2.31. The summed E-state index contributed by atoms with van der Waals surface area (Å²) in [4.78, 5) is 14.6. The molecule has 1 aromatic carbocycles. The zero-order valence-electron chi connectivity index (χ0n) is 12.9. The minimum Gasteiger partial charge on any atom is -0.378 e. The van der Waals surface area contributed by atoms with Crippen molar-refractivity contribution in [3.05, 3.63) is 28.4 Å². The summed E-state index contributed by atoms with van der Waals surface area (Å²) in [7, 11) is 0. The number of rotatable bonds is 5. The van der Waals surface area contributed by atoms with Crippen LogP contribution in [0.2, 0.25) is 0 Å². The van der Waals surface area contributed by atoms with E-state index in [1.807, 2.05) is 23.1 Å². The Hall–Kier alpha value is -1.44.